The lowest BCUT2D eigenvalue weighted by molar-refractivity contribution is 0.516. The predicted molar refractivity (Wildman–Crippen MR) is 52.7 cm³/mol. The second-order valence-corrected chi connectivity index (χ2v) is 3.53. The SMILES string of the molecule is Cc1nn2c(C)c(C)c(=O)oc2c1C. The van der Waals surface area contributed by atoms with Crippen LogP contribution in [-0.4, -0.2) is 9.61 Å². The van der Waals surface area contributed by atoms with Gasteiger partial charge in [-0.1, -0.05) is 0 Å². The first-order valence-corrected chi connectivity index (χ1v) is 4.48. The van der Waals surface area contributed by atoms with Gasteiger partial charge in [0, 0.05) is 5.56 Å². The highest BCUT2D eigenvalue weighted by Gasteiger charge is 2.12. The van der Waals surface area contributed by atoms with Gasteiger partial charge in [0.1, 0.15) is 0 Å². The summed E-state index contributed by atoms with van der Waals surface area (Å²) in [6.07, 6.45) is 0. The lowest BCUT2D eigenvalue weighted by atomic mass is 10.2. The average Bonchev–Trinajstić information content (AvgIpc) is 2.42. The van der Waals surface area contributed by atoms with Crippen molar-refractivity contribution in [1.82, 2.24) is 9.61 Å². The molecule has 0 aromatic carbocycles. The zero-order valence-corrected chi connectivity index (χ0v) is 8.71. The van der Waals surface area contributed by atoms with Gasteiger partial charge in [-0.3, -0.25) is 0 Å². The van der Waals surface area contributed by atoms with E-state index in [-0.39, 0.29) is 5.63 Å². The highest BCUT2D eigenvalue weighted by molar-refractivity contribution is 5.46. The van der Waals surface area contributed by atoms with Crippen LogP contribution in [0.1, 0.15) is 22.5 Å². The first kappa shape index (κ1) is 8.99. The summed E-state index contributed by atoms with van der Waals surface area (Å²) in [5.41, 5.74) is 3.54. The predicted octanol–water partition coefficient (Wildman–Crippen LogP) is 1.52. The summed E-state index contributed by atoms with van der Waals surface area (Å²) in [7, 11) is 0. The van der Waals surface area contributed by atoms with Crippen molar-refractivity contribution in [2.45, 2.75) is 27.7 Å². The molecule has 0 bridgehead atoms. The Hall–Kier alpha value is -1.58. The molecule has 0 N–H and O–H groups in total. The highest BCUT2D eigenvalue weighted by Crippen LogP contribution is 2.14. The Labute approximate surface area is 81.2 Å². The fraction of sp³-hybridized carbons (Fsp3) is 0.400. The molecule has 0 aliphatic carbocycles. The minimum absolute atomic E-state index is 0.280. The molecule has 14 heavy (non-hydrogen) atoms. The number of hydrogen-bond donors (Lipinski definition) is 0. The van der Waals surface area contributed by atoms with Crippen molar-refractivity contribution in [3.05, 3.63) is 32.9 Å². The molecule has 0 atom stereocenters. The van der Waals surface area contributed by atoms with Crippen molar-refractivity contribution in [2.75, 3.05) is 0 Å². The molecule has 0 radical (unpaired) electrons. The highest BCUT2D eigenvalue weighted by atomic mass is 16.4. The molecule has 0 unspecified atom stereocenters. The summed E-state index contributed by atoms with van der Waals surface area (Å²) >= 11 is 0. The summed E-state index contributed by atoms with van der Waals surface area (Å²) in [5.74, 6) is 0. The molecule has 0 fully saturated rings. The van der Waals surface area contributed by atoms with Crippen LogP contribution in [0.4, 0.5) is 0 Å². The quantitative estimate of drug-likeness (QED) is 0.635. The fourth-order valence-electron chi connectivity index (χ4n) is 1.40. The fourth-order valence-corrected chi connectivity index (χ4v) is 1.40. The molecule has 74 valence electrons. The Bertz CT molecular complexity index is 563. The lowest BCUT2D eigenvalue weighted by Crippen LogP contribution is -2.10. The summed E-state index contributed by atoms with van der Waals surface area (Å²) in [6, 6.07) is 0. The standard InChI is InChI=1S/C10H12N2O2/c1-5-7(3)11-12-8(4)6(2)10(13)14-9(5)12/h1-4H3. The van der Waals surface area contributed by atoms with E-state index in [1.807, 2.05) is 20.8 Å². The molecular formula is C10H12N2O2. The van der Waals surface area contributed by atoms with Crippen LogP contribution in [0, 0.1) is 27.7 Å². The maximum Gasteiger partial charge on any atom is 0.342 e. The van der Waals surface area contributed by atoms with E-state index in [9.17, 15) is 4.79 Å². The molecular weight excluding hydrogens is 180 g/mol. The lowest BCUT2D eigenvalue weighted by Gasteiger charge is -2.00. The number of hydrogen-bond acceptors (Lipinski definition) is 3. The number of fused-ring (bicyclic) bond motifs is 1. The van der Waals surface area contributed by atoms with Crippen LogP contribution >= 0.6 is 0 Å². The van der Waals surface area contributed by atoms with Crippen LogP contribution in [0.2, 0.25) is 0 Å². The van der Waals surface area contributed by atoms with E-state index in [4.69, 9.17) is 4.42 Å². The smallest absolute Gasteiger partial charge is 0.342 e. The zero-order valence-electron chi connectivity index (χ0n) is 8.71. The van der Waals surface area contributed by atoms with Crippen molar-refractivity contribution in [1.29, 1.82) is 0 Å². The monoisotopic (exact) mass is 192 g/mol. The largest absolute Gasteiger partial charge is 0.404 e. The third kappa shape index (κ3) is 0.999. The molecule has 2 aromatic rings. The van der Waals surface area contributed by atoms with Gasteiger partial charge in [0.25, 0.3) is 0 Å². The van der Waals surface area contributed by atoms with E-state index in [2.05, 4.69) is 5.10 Å². The van der Waals surface area contributed by atoms with Gasteiger partial charge in [-0.05, 0) is 27.7 Å². The first-order chi connectivity index (χ1) is 6.52. The second kappa shape index (κ2) is 2.70. The zero-order chi connectivity index (χ0) is 10.5. The number of rotatable bonds is 0. The third-order valence-electron chi connectivity index (χ3n) is 2.66. The second-order valence-electron chi connectivity index (χ2n) is 3.53. The van der Waals surface area contributed by atoms with Gasteiger partial charge in [-0.2, -0.15) is 5.10 Å². The van der Waals surface area contributed by atoms with Gasteiger partial charge in [0.2, 0.25) is 5.71 Å². The first-order valence-electron chi connectivity index (χ1n) is 4.48. The van der Waals surface area contributed by atoms with Crippen molar-refractivity contribution in [3.63, 3.8) is 0 Å². The Balaban J connectivity index is 3.05. The van der Waals surface area contributed by atoms with Gasteiger partial charge >= 0.3 is 5.63 Å². The van der Waals surface area contributed by atoms with Crippen LogP contribution in [-0.2, 0) is 0 Å². The molecule has 0 aliphatic rings. The van der Waals surface area contributed by atoms with Crippen molar-refractivity contribution < 1.29 is 4.42 Å². The van der Waals surface area contributed by atoms with Crippen LogP contribution < -0.4 is 5.63 Å². The maximum absolute atomic E-state index is 11.4. The Morgan fingerprint density at radius 3 is 2.43 bits per heavy atom. The average molecular weight is 192 g/mol. The van der Waals surface area contributed by atoms with E-state index in [1.54, 1.807) is 11.4 Å². The Morgan fingerprint density at radius 1 is 1.14 bits per heavy atom. The third-order valence-corrected chi connectivity index (χ3v) is 2.66. The minimum Gasteiger partial charge on any atom is -0.404 e. The van der Waals surface area contributed by atoms with E-state index in [0.717, 1.165) is 17.0 Å². The molecule has 0 amide bonds. The van der Waals surface area contributed by atoms with E-state index in [0.29, 0.717) is 11.3 Å². The number of aromatic nitrogens is 2. The van der Waals surface area contributed by atoms with E-state index < -0.39 is 0 Å². The molecule has 4 heteroatoms. The maximum atomic E-state index is 11.4. The van der Waals surface area contributed by atoms with Gasteiger partial charge in [-0.25, -0.2) is 9.31 Å². The van der Waals surface area contributed by atoms with Crippen LogP contribution in [0.25, 0.3) is 5.71 Å². The minimum atomic E-state index is -0.280. The van der Waals surface area contributed by atoms with Crippen molar-refractivity contribution in [2.24, 2.45) is 0 Å². The van der Waals surface area contributed by atoms with Crippen LogP contribution in [0.5, 0.6) is 0 Å². The van der Waals surface area contributed by atoms with E-state index >= 15 is 0 Å². The number of aryl methyl sites for hydroxylation is 3. The molecule has 0 aliphatic heterocycles. The molecule has 0 saturated heterocycles. The summed E-state index contributed by atoms with van der Waals surface area (Å²) in [5, 5.41) is 4.30. The van der Waals surface area contributed by atoms with Crippen molar-refractivity contribution >= 4 is 5.71 Å². The summed E-state index contributed by atoms with van der Waals surface area (Å²) in [4.78, 5) is 11.4. The van der Waals surface area contributed by atoms with Gasteiger partial charge in [0.15, 0.2) is 0 Å². The van der Waals surface area contributed by atoms with Gasteiger partial charge in [0.05, 0.1) is 17.0 Å². The summed E-state index contributed by atoms with van der Waals surface area (Å²) < 4.78 is 6.85. The number of nitrogens with zero attached hydrogens (tertiary/aromatic N) is 2. The molecule has 2 heterocycles. The molecule has 2 rings (SSSR count). The van der Waals surface area contributed by atoms with Crippen LogP contribution in [0.15, 0.2) is 9.21 Å². The molecule has 2 aromatic heterocycles. The van der Waals surface area contributed by atoms with Crippen molar-refractivity contribution in [3.8, 4) is 0 Å². The molecule has 4 nitrogen and oxygen atoms in total. The van der Waals surface area contributed by atoms with Crippen LogP contribution in [0.3, 0.4) is 0 Å². The Morgan fingerprint density at radius 2 is 1.79 bits per heavy atom. The van der Waals surface area contributed by atoms with Gasteiger partial charge < -0.3 is 4.42 Å². The molecule has 0 saturated carbocycles. The van der Waals surface area contributed by atoms with E-state index in [1.165, 1.54) is 0 Å². The van der Waals surface area contributed by atoms with Gasteiger partial charge in [-0.15, -0.1) is 0 Å². The normalized spacial score (nSPS) is 11.1. The molecule has 0 spiro atoms. The summed E-state index contributed by atoms with van der Waals surface area (Å²) in [6.45, 7) is 7.41. The topological polar surface area (TPSA) is 47.5 Å². The Kier molecular flexibility index (Phi) is 1.74.